The molecule has 0 atom stereocenters. The predicted octanol–water partition coefficient (Wildman–Crippen LogP) is 4.12. The van der Waals surface area contributed by atoms with E-state index in [2.05, 4.69) is 21.2 Å². The topological polar surface area (TPSA) is 32.3 Å². The van der Waals surface area contributed by atoms with Crippen molar-refractivity contribution in [2.45, 2.75) is 12.8 Å². The molecule has 1 N–H and O–H groups in total. The number of nitrogens with one attached hydrogen (secondary N) is 1. The lowest BCUT2D eigenvalue weighted by Gasteiger charge is -2.31. The molecule has 1 aliphatic heterocycles. The highest BCUT2D eigenvalue weighted by Crippen LogP contribution is 2.31. The zero-order valence-corrected chi connectivity index (χ0v) is 13.9. The number of anilines is 2. The standard InChI is InChI=1S/C17H15BrF2N2O/c18-13-5-1-2-6-15(13)21-16(23)10-22-7-3-4-11-8-12(19)9-14(20)17(11)22/h1-2,5-6,8-9H,3-4,7,10H2,(H,21,23). The third-order valence-electron chi connectivity index (χ3n) is 3.78. The number of hydrogen-bond donors (Lipinski definition) is 1. The summed E-state index contributed by atoms with van der Waals surface area (Å²) in [6.45, 7) is 0.593. The predicted molar refractivity (Wildman–Crippen MR) is 89.7 cm³/mol. The van der Waals surface area contributed by atoms with Crippen molar-refractivity contribution in [3.63, 3.8) is 0 Å². The second-order valence-electron chi connectivity index (χ2n) is 5.45. The van der Waals surface area contributed by atoms with Gasteiger partial charge in [-0.1, -0.05) is 12.1 Å². The minimum absolute atomic E-state index is 0.0247. The highest BCUT2D eigenvalue weighted by atomic mass is 79.9. The Morgan fingerprint density at radius 1 is 1.26 bits per heavy atom. The number of hydrogen-bond acceptors (Lipinski definition) is 2. The van der Waals surface area contributed by atoms with Crippen LogP contribution >= 0.6 is 15.9 Å². The van der Waals surface area contributed by atoms with Crippen molar-refractivity contribution in [1.29, 1.82) is 0 Å². The largest absolute Gasteiger partial charge is 0.360 e. The summed E-state index contributed by atoms with van der Waals surface area (Å²) in [5, 5.41) is 2.80. The van der Waals surface area contributed by atoms with Gasteiger partial charge in [0.1, 0.15) is 11.6 Å². The van der Waals surface area contributed by atoms with Crippen molar-refractivity contribution < 1.29 is 13.6 Å². The molecule has 3 rings (SSSR count). The Morgan fingerprint density at radius 2 is 2.04 bits per heavy atom. The molecule has 0 radical (unpaired) electrons. The van der Waals surface area contributed by atoms with Crippen LogP contribution in [0.1, 0.15) is 12.0 Å². The van der Waals surface area contributed by atoms with Gasteiger partial charge in [0.2, 0.25) is 5.91 Å². The average molecular weight is 381 g/mol. The van der Waals surface area contributed by atoms with Crippen molar-refractivity contribution in [3.8, 4) is 0 Å². The fourth-order valence-electron chi connectivity index (χ4n) is 2.82. The fraction of sp³-hybridized carbons (Fsp3) is 0.235. The number of halogens is 3. The Morgan fingerprint density at radius 3 is 2.83 bits per heavy atom. The quantitative estimate of drug-likeness (QED) is 0.868. The molecule has 0 aromatic heterocycles. The fourth-order valence-corrected chi connectivity index (χ4v) is 3.20. The van der Waals surface area contributed by atoms with E-state index < -0.39 is 11.6 Å². The Kier molecular flexibility index (Phi) is 4.61. The van der Waals surface area contributed by atoms with Crippen LogP contribution in [0.4, 0.5) is 20.2 Å². The number of benzene rings is 2. The van der Waals surface area contributed by atoms with Crippen LogP contribution in [0.15, 0.2) is 40.9 Å². The molecule has 2 aromatic rings. The van der Waals surface area contributed by atoms with Crippen molar-refractivity contribution in [3.05, 3.63) is 58.1 Å². The smallest absolute Gasteiger partial charge is 0.243 e. The van der Waals surface area contributed by atoms with E-state index in [1.165, 1.54) is 6.07 Å². The molecule has 1 heterocycles. The van der Waals surface area contributed by atoms with Gasteiger partial charge in [-0.2, -0.15) is 0 Å². The Balaban J connectivity index is 1.77. The number of carbonyl (C=O) groups excluding carboxylic acids is 1. The summed E-state index contributed by atoms with van der Waals surface area (Å²) in [7, 11) is 0. The van der Waals surface area contributed by atoms with E-state index in [1.54, 1.807) is 11.0 Å². The van der Waals surface area contributed by atoms with Gasteiger partial charge >= 0.3 is 0 Å². The number of rotatable bonds is 3. The first-order chi connectivity index (χ1) is 11.0. The van der Waals surface area contributed by atoms with Crippen molar-refractivity contribution in [2.75, 3.05) is 23.3 Å². The van der Waals surface area contributed by atoms with Crippen LogP contribution in [-0.2, 0) is 11.2 Å². The van der Waals surface area contributed by atoms with Crippen LogP contribution in [-0.4, -0.2) is 19.0 Å². The van der Waals surface area contributed by atoms with E-state index in [-0.39, 0.29) is 12.5 Å². The molecule has 1 aliphatic rings. The second-order valence-corrected chi connectivity index (χ2v) is 6.30. The number of nitrogens with zero attached hydrogens (tertiary/aromatic N) is 1. The highest BCUT2D eigenvalue weighted by molar-refractivity contribution is 9.10. The third kappa shape index (κ3) is 3.52. The third-order valence-corrected chi connectivity index (χ3v) is 4.47. The molecule has 2 aromatic carbocycles. The molecule has 0 unspecified atom stereocenters. The van der Waals surface area contributed by atoms with Gasteiger partial charge in [-0.25, -0.2) is 8.78 Å². The van der Waals surface area contributed by atoms with Crippen LogP contribution in [0.3, 0.4) is 0 Å². The minimum Gasteiger partial charge on any atom is -0.360 e. The van der Waals surface area contributed by atoms with E-state index in [1.807, 2.05) is 18.2 Å². The first-order valence-electron chi connectivity index (χ1n) is 7.32. The van der Waals surface area contributed by atoms with E-state index in [9.17, 15) is 13.6 Å². The van der Waals surface area contributed by atoms with Crippen LogP contribution in [0, 0.1) is 11.6 Å². The number of amides is 1. The Bertz CT molecular complexity index is 751. The summed E-state index contributed by atoms with van der Waals surface area (Å²) in [4.78, 5) is 13.9. The van der Waals surface area contributed by atoms with E-state index in [4.69, 9.17) is 0 Å². The molecule has 120 valence electrons. The van der Waals surface area contributed by atoms with Crippen LogP contribution in [0.5, 0.6) is 0 Å². The van der Waals surface area contributed by atoms with Gasteiger partial charge in [0.25, 0.3) is 0 Å². The molecule has 3 nitrogen and oxygen atoms in total. The Hall–Kier alpha value is -1.95. The molecule has 1 amide bonds. The molecule has 0 bridgehead atoms. The van der Waals surface area contributed by atoms with E-state index in [0.717, 1.165) is 17.0 Å². The maximum atomic E-state index is 14.1. The van der Waals surface area contributed by atoms with Gasteiger partial charge in [-0.15, -0.1) is 0 Å². The molecular formula is C17H15BrF2N2O. The van der Waals surface area contributed by atoms with Crippen molar-refractivity contribution in [2.24, 2.45) is 0 Å². The molecular weight excluding hydrogens is 366 g/mol. The van der Waals surface area contributed by atoms with Crippen molar-refractivity contribution in [1.82, 2.24) is 0 Å². The summed E-state index contributed by atoms with van der Waals surface area (Å²) in [5.41, 5.74) is 1.61. The maximum absolute atomic E-state index is 14.1. The van der Waals surface area contributed by atoms with Crippen molar-refractivity contribution >= 4 is 33.2 Å². The number of para-hydroxylation sites is 1. The van der Waals surface area contributed by atoms with Crippen LogP contribution < -0.4 is 10.2 Å². The summed E-state index contributed by atoms with van der Waals surface area (Å²) in [6, 6.07) is 9.49. The van der Waals surface area contributed by atoms with Crippen LogP contribution in [0.25, 0.3) is 0 Å². The summed E-state index contributed by atoms with van der Waals surface area (Å²) in [6.07, 6.45) is 1.38. The molecule has 0 saturated heterocycles. The average Bonchev–Trinajstić information content (AvgIpc) is 2.49. The lowest BCUT2D eigenvalue weighted by atomic mass is 10.0. The molecule has 0 spiro atoms. The summed E-state index contributed by atoms with van der Waals surface area (Å²) >= 11 is 3.37. The van der Waals surface area contributed by atoms with E-state index >= 15 is 0 Å². The van der Waals surface area contributed by atoms with Gasteiger partial charge in [-0.05, 0) is 52.5 Å². The summed E-state index contributed by atoms with van der Waals surface area (Å²) < 4.78 is 28.2. The number of carbonyl (C=O) groups is 1. The van der Waals surface area contributed by atoms with E-state index in [0.29, 0.717) is 29.9 Å². The zero-order chi connectivity index (χ0) is 16.4. The second kappa shape index (κ2) is 6.66. The van der Waals surface area contributed by atoms with Gasteiger partial charge in [0.05, 0.1) is 17.9 Å². The minimum atomic E-state index is -0.617. The van der Waals surface area contributed by atoms with Crippen LogP contribution in [0.2, 0.25) is 0 Å². The SMILES string of the molecule is O=C(CN1CCCc2cc(F)cc(F)c21)Nc1ccccc1Br. The molecule has 0 aliphatic carbocycles. The van der Waals surface area contributed by atoms with Gasteiger partial charge in [0, 0.05) is 17.1 Å². The lowest BCUT2D eigenvalue weighted by Crippen LogP contribution is -2.37. The monoisotopic (exact) mass is 380 g/mol. The number of aryl methyl sites for hydroxylation is 1. The first kappa shape index (κ1) is 15.9. The van der Waals surface area contributed by atoms with Gasteiger partial charge < -0.3 is 10.2 Å². The number of fused-ring (bicyclic) bond motifs is 1. The summed E-state index contributed by atoms with van der Waals surface area (Å²) in [5.74, 6) is -1.44. The molecule has 0 fully saturated rings. The lowest BCUT2D eigenvalue weighted by molar-refractivity contribution is -0.115. The Labute approximate surface area is 141 Å². The molecule has 23 heavy (non-hydrogen) atoms. The maximum Gasteiger partial charge on any atom is 0.243 e. The van der Waals surface area contributed by atoms with Gasteiger partial charge in [-0.3, -0.25) is 4.79 Å². The molecule has 0 saturated carbocycles. The van der Waals surface area contributed by atoms with Gasteiger partial charge in [0.15, 0.2) is 0 Å². The normalized spacial score (nSPS) is 13.6. The zero-order valence-electron chi connectivity index (χ0n) is 12.3. The molecule has 6 heteroatoms. The highest BCUT2D eigenvalue weighted by Gasteiger charge is 2.23. The first-order valence-corrected chi connectivity index (χ1v) is 8.11.